The Kier molecular flexibility index (Phi) is 7.22. The van der Waals surface area contributed by atoms with Crippen molar-refractivity contribution in [3.63, 3.8) is 0 Å². The summed E-state index contributed by atoms with van der Waals surface area (Å²) in [5, 5.41) is 0.592. The Morgan fingerprint density at radius 3 is 2.52 bits per heavy atom. The molecule has 1 unspecified atom stereocenters. The number of carbonyl (C=O) groups excluding carboxylic acids is 2. The molecule has 5 aromatic rings. The summed E-state index contributed by atoms with van der Waals surface area (Å²) in [4.78, 5) is 46.4. The van der Waals surface area contributed by atoms with Gasteiger partial charge in [0.2, 0.25) is 5.76 Å². The number of carbonyl (C=O) groups is 2. The van der Waals surface area contributed by atoms with Crippen molar-refractivity contribution in [3.05, 3.63) is 116 Å². The average molecular weight is 583 g/mol. The zero-order chi connectivity index (χ0) is 29.4. The number of fused-ring (bicyclic) bond motifs is 2. The van der Waals surface area contributed by atoms with E-state index in [1.807, 2.05) is 37.3 Å². The Balaban J connectivity index is 1.50. The lowest BCUT2D eigenvalue weighted by Gasteiger charge is -2.23. The highest BCUT2D eigenvalue weighted by molar-refractivity contribution is 7.17. The smallest absolute Gasteiger partial charge is 0.350 e. The summed E-state index contributed by atoms with van der Waals surface area (Å²) in [5.74, 6) is -0.189. The summed E-state index contributed by atoms with van der Waals surface area (Å²) in [6, 6.07) is 21.0. The van der Waals surface area contributed by atoms with Crippen LogP contribution in [0.1, 0.15) is 55.6 Å². The van der Waals surface area contributed by atoms with Crippen LogP contribution >= 0.6 is 11.3 Å². The van der Waals surface area contributed by atoms with Crippen LogP contribution in [-0.4, -0.2) is 30.6 Å². The van der Waals surface area contributed by atoms with Crippen molar-refractivity contribution in [1.29, 1.82) is 0 Å². The molecule has 0 spiro atoms. The van der Waals surface area contributed by atoms with Crippen molar-refractivity contribution in [2.75, 3.05) is 18.6 Å². The maximum Gasteiger partial charge on any atom is 0.350 e. The molecule has 6 rings (SSSR count). The fourth-order valence-corrected chi connectivity index (χ4v) is 6.03. The van der Waals surface area contributed by atoms with E-state index in [0.29, 0.717) is 46.9 Å². The van der Waals surface area contributed by atoms with Gasteiger partial charge in [-0.3, -0.25) is 14.5 Å². The van der Waals surface area contributed by atoms with E-state index >= 15 is 0 Å². The van der Waals surface area contributed by atoms with Crippen LogP contribution in [0.5, 0.6) is 11.5 Å². The van der Waals surface area contributed by atoms with E-state index in [0.717, 1.165) is 16.9 Å². The number of methoxy groups -OCH3 is 1. The summed E-state index contributed by atoms with van der Waals surface area (Å²) in [6.07, 6.45) is 0. The predicted molar refractivity (Wildman–Crippen MR) is 158 cm³/mol. The SMILES string of the molecule is CCOc1cc(C2c3c(oc4ccccc4c3=O)C(=O)N2c2nc(C)c(C(=O)OC)s2)ccc1OCc1ccccc1. The molecular formula is C32H26N2O7S. The molecule has 0 saturated carbocycles. The van der Waals surface area contributed by atoms with Gasteiger partial charge in [0.25, 0.3) is 5.91 Å². The molecule has 0 N–H and O–H groups in total. The molecule has 0 saturated heterocycles. The monoisotopic (exact) mass is 582 g/mol. The highest BCUT2D eigenvalue weighted by Gasteiger charge is 2.45. The Morgan fingerprint density at radius 2 is 1.76 bits per heavy atom. The molecule has 1 aliphatic heterocycles. The van der Waals surface area contributed by atoms with Crippen LogP contribution in [0.15, 0.2) is 82.0 Å². The van der Waals surface area contributed by atoms with Gasteiger partial charge >= 0.3 is 5.97 Å². The molecule has 1 aliphatic rings. The fraction of sp³-hybridized carbons (Fsp3) is 0.188. The lowest BCUT2D eigenvalue weighted by molar-refractivity contribution is 0.0605. The van der Waals surface area contributed by atoms with Gasteiger partial charge in [-0.05, 0) is 49.2 Å². The highest BCUT2D eigenvalue weighted by Crippen LogP contribution is 2.45. The molecule has 0 bridgehead atoms. The molecule has 2 aromatic heterocycles. The molecule has 9 nitrogen and oxygen atoms in total. The molecule has 0 radical (unpaired) electrons. The van der Waals surface area contributed by atoms with E-state index in [1.54, 1.807) is 49.4 Å². The minimum absolute atomic E-state index is 0.0708. The molecule has 10 heteroatoms. The van der Waals surface area contributed by atoms with E-state index in [-0.39, 0.29) is 26.8 Å². The molecule has 3 heterocycles. The molecule has 3 aromatic carbocycles. The van der Waals surface area contributed by atoms with Gasteiger partial charge in [0.05, 0.1) is 36.4 Å². The third-order valence-electron chi connectivity index (χ3n) is 6.96. The van der Waals surface area contributed by atoms with Crippen LogP contribution in [-0.2, 0) is 11.3 Å². The lowest BCUT2D eigenvalue weighted by Crippen LogP contribution is -2.29. The van der Waals surface area contributed by atoms with Crippen molar-refractivity contribution in [2.24, 2.45) is 0 Å². The number of benzene rings is 3. The normalized spacial score (nSPS) is 14.2. The number of aryl methyl sites for hydroxylation is 1. The first kappa shape index (κ1) is 27.2. The third kappa shape index (κ3) is 4.69. The number of hydrogen-bond acceptors (Lipinski definition) is 9. The second-order valence-corrected chi connectivity index (χ2v) is 10.5. The lowest BCUT2D eigenvalue weighted by atomic mass is 9.98. The largest absolute Gasteiger partial charge is 0.490 e. The maximum atomic E-state index is 14.0. The Bertz CT molecular complexity index is 1880. The van der Waals surface area contributed by atoms with Gasteiger partial charge in [-0.1, -0.05) is 59.9 Å². The number of thiazole rings is 1. The first-order valence-electron chi connectivity index (χ1n) is 13.3. The second kappa shape index (κ2) is 11.1. The summed E-state index contributed by atoms with van der Waals surface area (Å²) in [5.41, 5.74) is 2.17. The van der Waals surface area contributed by atoms with Crippen LogP contribution in [0.4, 0.5) is 5.13 Å². The van der Waals surface area contributed by atoms with Crippen LogP contribution in [0, 0.1) is 6.92 Å². The van der Waals surface area contributed by atoms with Crippen molar-refractivity contribution in [3.8, 4) is 11.5 Å². The van der Waals surface area contributed by atoms with Crippen molar-refractivity contribution < 1.29 is 28.2 Å². The Labute approximate surface area is 244 Å². The molecular weight excluding hydrogens is 556 g/mol. The van der Waals surface area contributed by atoms with E-state index in [9.17, 15) is 14.4 Å². The minimum Gasteiger partial charge on any atom is -0.490 e. The number of anilines is 1. The number of hydrogen-bond donors (Lipinski definition) is 0. The quantitative estimate of drug-likeness (QED) is 0.203. The van der Waals surface area contributed by atoms with Crippen LogP contribution < -0.4 is 19.8 Å². The highest BCUT2D eigenvalue weighted by atomic mass is 32.1. The third-order valence-corrected chi connectivity index (χ3v) is 8.10. The average Bonchev–Trinajstić information content (AvgIpc) is 3.53. The molecule has 1 amide bonds. The maximum absolute atomic E-state index is 14.0. The number of amides is 1. The standard InChI is InChI=1S/C32H26N2O7S/c1-4-39-24-16-20(14-15-23(24)40-17-19-10-6-5-7-11-19)26-25-27(35)21-12-8-9-13-22(21)41-28(25)30(36)34(26)32-33-18(2)29(42-32)31(37)38-3/h5-16,26H,4,17H2,1-3H3. The van der Waals surface area contributed by atoms with Gasteiger partial charge < -0.3 is 18.6 Å². The first-order valence-corrected chi connectivity index (χ1v) is 14.1. The summed E-state index contributed by atoms with van der Waals surface area (Å²) >= 11 is 1.02. The predicted octanol–water partition coefficient (Wildman–Crippen LogP) is 6.07. The number of nitrogens with zero attached hydrogens (tertiary/aromatic N) is 2. The number of esters is 1. The van der Waals surface area contributed by atoms with Gasteiger partial charge in [0.15, 0.2) is 22.1 Å². The van der Waals surface area contributed by atoms with Gasteiger partial charge in [0, 0.05) is 0 Å². The topological polar surface area (TPSA) is 108 Å². The molecule has 0 fully saturated rings. The second-order valence-electron chi connectivity index (χ2n) is 9.56. The van der Waals surface area contributed by atoms with Crippen molar-refractivity contribution in [2.45, 2.75) is 26.5 Å². The van der Waals surface area contributed by atoms with E-state index in [4.69, 9.17) is 18.6 Å². The molecule has 0 aliphatic carbocycles. The number of para-hydroxylation sites is 1. The van der Waals surface area contributed by atoms with Crippen molar-refractivity contribution >= 4 is 39.3 Å². The van der Waals surface area contributed by atoms with Crippen LogP contribution in [0.3, 0.4) is 0 Å². The van der Waals surface area contributed by atoms with Gasteiger partial charge in [-0.25, -0.2) is 9.78 Å². The molecule has 212 valence electrons. The van der Waals surface area contributed by atoms with Crippen LogP contribution in [0.2, 0.25) is 0 Å². The Morgan fingerprint density at radius 1 is 1.00 bits per heavy atom. The van der Waals surface area contributed by atoms with Crippen LogP contribution in [0.25, 0.3) is 11.0 Å². The van der Waals surface area contributed by atoms with E-state index < -0.39 is 17.9 Å². The minimum atomic E-state index is -0.896. The zero-order valence-electron chi connectivity index (χ0n) is 23.1. The zero-order valence-corrected chi connectivity index (χ0v) is 23.9. The first-order chi connectivity index (χ1) is 20.4. The number of aromatic nitrogens is 1. The summed E-state index contributed by atoms with van der Waals surface area (Å²) in [7, 11) is 1.28. The Hall–Kier alpha value is -4.96. The van der Waals surface area contributed by atoms with E-state index in [1.165, 1.54) is 12.0 Å². The summed E-state index contributed by atoms with van der Waals surface area (Å²) < 4.78 is 23.0. The molecule has 42 heavy (non-hydrogen) atoms. The molecule has 1 atom stereocenters. The fourth-order valence-electron chi connectivity index (χ4n) is 5.02. The van der Waals surface area contributed by atoms with Gasteiger partial charge in [-0.15, -0.1) is 0 Å². The van der Waals surface area contributed by atoms with Gasteiger partial charge in [-0.2, -0.15) is 0 Å². The number of ether oxygens (including phenoxy) is 3. The van der Waals surface area contributed by atoms with Crippen molar-refractivity contribution in [1.82, 2.24) is 4.98 Å². The van der Waals surface area contributed by atoms with E-state index in [2.05, 4.69) is 4.98 Å². The number of rotatable bonds is 8. The summed E-state index contributed by atoms with van der Waals surface area (Å²) in [6.45, 7) is 4.23. The van der Waals surface area contributed by atoms with Gasteiger partial charge in [0.1, 0.15) is 17.1 Å².